The zero-order valence-corrected chi connectivity index (χ0v) is 11.9. The van der Waals surface area contributed by atoms with Gasteiger partial charge in [-0.1, -0.05) is 6.07 Å². The molecule has 1 aliphatic rings. The molecular weight excluding hydrogens is 259 g/mol. The Morgan fingerprint density at radius 1 is 1.55 bits per heavy atom. The van der Waals surface area contributed by atoms with Crippen LogP contribution >= 0.6 is 0 Å². The van der Waals surface area contributed by atoms with E-state index in [0.29, 0.717) is 12.6 Å². The summed E-state index contributed by atoms with van der Waals surface area (Å²) in [5.41, 5.74) is 0.735. The van der Waals surface area contributed by atoms with Crippen molar-refractivity contribution in [2.75, 3.05) is 13.7 Å². The lowest BCUT2D eigenvalue weighted by Crippen LogP contribution is -2.42. The highest BCUT2D eigenvalue weighted by Crippen LogP contribution is 2.19. The summed E-state index contributed by atoms with van der Waals surface area (Å²) in [7, 11) is 1.43. The Balaban J connectivity index is 1.88. The maximum Gasteiger partial charge on any atom is 0.223 e. The lowest BCUT2D eigenvalue weighted by molar-refractivity contribution is -0.126. The molecule has 5 heteroatoms. The third-order valence-corrected chi connectivity index (χ3v) is 3.68. The van der Waals surface area contributed by atoms with Gasteiger partial charge >= 0.3 is 0 Å². The molecule has 1 aliphatic heterocycles. The molecule has 0 saturated carbocycles. The van der Waals surface area contributed by atoms with Crippen LogP contribution < -0.4 is 15.4 Å². The van der Waals surface area contributed by atoms with Gasteiger partial charge in [-0.15, -0.1) is 0 Å². The topological polar surface area (TPSA) is 50.4 Å². The summed E-state index contributed by atoms with van der Waals surface area (Å²) in [5.74, 6) is -0.0917. The van der Waals surface area contributed by atoms with E-state index in [0.717, 1.165) is 24.9 Å². The summed E-state index contributed by atoms with van der Waals surface area (Å²) in [4.78, 5) is 12.1. The molecule has 1 heterocycles. The van der Waals surface area contributed by atoms with Gasteiger partial charge in [-0.25, -0.2) is 4.39 Å². The van der Waals surface area contributed by atoms with Crippen LogP contribution in [0.5, 0.6) is 5.75 Å². The summed E-state index contributed by atoms with van der Waals surface area (Å²) in [6.07, 6.45) is 1.70. The van der Waals surface area contributed by atoms with Gasteiger partial charge in [0.2, 0.25) is 5.91 Å². The Hall–Kier alpha value is -1.62. The minimum absolute atomic E-state index is 0.0503. The standard InChI is InChI=1S/C15H21FN2O2/c1-10-7-12(5-6-17-10)15(19)18-9-11-3-4-14(20-2)13(16)8-11/h3-4,8,10,12,17H,5-7,9H2,1-2H3,(H,18,19)/t10-,12-/m0/s1. The third-order valence-electron chi connectivity index (χ3n) is 3.68. The van der Waals surface area contributed by atoms with Gasteiger partial charge in [0, 0.05) is 18.5 Å². The number of piperidine rings is 1. The largest absolute Gasteiger partial charge is 0.494 e. The maximum atomic E-state index is 13.5. The molecule has 110 valence electrons. The van der Waals surface area contributed by atoms with E-state index in [9.17, 15) is 9.18 Å². The summed E-state index contributed by atoms with van der Waals surface area (Å²) in [6, 6.07) is 5.10. The van der Waals surface area contributed by atoms with Crippen LogP contribution in [0.15, 0.2) is 18.2 Å². The second kappa shape index (κ2) is 6.70. The van der Waals surface area contributed by atoms with Crippen LogP contribution in [-0.4, -0.2) is 25.6 Å². The number of methoxy groups -OCH3 is 1. The van der Waals surface area contributed by atoms with Gasteiger partial charge < -0.3 is 15.4 Å². The molecule has 0 bridgehead atoms. The third kappa shape index (κ3) is 3.70. The summed E-state index contributed by atoms with van der Waals surface area (Å²) in [5, 5.41) is 6.20. The summed E-state index contributed by atoms with van der Waals surface area (Å²) < 4.78 is 18.4. The maximum absolute atomic E-state index is 13.5. The molecule has 2 N–H and O–H groups in total. The van der Waals surface area contributed by atoms with E-state index in [1.807, 2.05) is 0 Å². The molecule has 0 spiro atoms. The van der Waals surface area contributed by atoms with Gasteiger partial charge in [-0.2, -0.15) is 0 Å². The number of hydrogen-bond donors (Lipinski definition) is 2. The number of carbonyl (C=O) groups is 1. The first-order chi connectivity index (χ1) is 9.60. The molecule has 1 fully saturated rings. The van der Waals surface area contributed by atoms with E-state index in [1.165, 1.54) is 13.2 Å². The second-order valence-corrected chi connectivity index (χ2v) is 5.26. The number of rotatable bonds is 4. The van der Waals surface area contributed by atoms with Crippen LogP contribution in [-0.2, 0) is 11.3 Å². The molecular formula is C15H21FN2O2. The van der Waals surface area contributed by atoms with Crippen molar-refractivity contribution in [3.63, 3.8) is 0 Å². The molecule has 2 atom stereocenters. The highest BCUT2D eigenvalue weighted by molar-refractivity contribution is 5.78. The van der Waals surface area contributed by atoms with Crippen molar-refractivity contribution in [3.05, 3.63) is 29.6 Å². The van der Waals surface area contributed by atoms with Gasteiger partial charge in [0.25, 0.3) is 0 Å². The highest BCUT2D eigenvalue weighted by atomic mass is 19.1. The second-order valence-electron chi connectivity index (χ2n) is 5.26. The van der Waals surface area contributed by atoms with Crippen molar-refractivity contribution in [2.24, 2.45) is 5.92 Å². The first-order valence-electron chi connectivity index (χ1n) is 6.93. The monoisotopic (exact) mass is 280 g/mol. The lowest BCUT2D eigenvalue weighted by Gasteiger charge is -2.27. The van der Waals surface area contributed by atoms with Crippen LogP contribution in [0.3, 0.4) is 0 Å². The number of hydrogen-bond acceptors (Lipinski definition) is 3. The molecule has 0 unspecified atom stereocenters. The molecule has 0 aliphatic carbocycles. The van der Waals surface area contributed by atoms with E-state index in [4.69, 9.17) is 4.74 Å². The number of amides is 1. The zero-order chi connectivity index (χ0) is 14.5. The first-order valence-corrected chi connectivity index (χ1v) is 6.93. The molecule has 1 aromatic carbocycles. The van der Waals surface area contributed by atoms with Crippen molar-refractivity contribution in [1.82, 2.24) is 10.6 Å². The van der Waals surface area contributed by atoms with Crippen LogP contribution in [0.2, 0.25) is 0 Å². The van der Waals surface area contributed by atoms with Gasteiger partial charge in [0.05, 0.1) is 7.11 Å². The fourth-order valence-electron chi connectivity index (χ4n) is 2.52. The van der Waals surface area contributed by atoms with E-state index < -0.39 is 5.82 Å². The van der Waals surface area contributed by atoms with Crippen molar-refractivity contribution < 1.29 is 13.9 Å². The smallest absolute Gasteiger partial charge is 0.223 e. The average molecular weight is 280 g/mol. The molecule has 2 rings (SSSR count). The first kappa shape index (κ1) is 14.8. The van der Waals surface area contributed by atoms with E-state index in [2.05, 4.69) is 17.6 Å². The average Bonchev–Trinajstić information content (AvgIpc) is 2.45. The van der Waals surface area contributed by atoms with Crippen LogP contribution in [0.25, 0.3) is 0 Å². The minimum atomic E-state index is -0.408. The molecule has 20 heavy (non-hydrogen) atoms. The predicted molar refractivity (Wildman–Crippen MR) is 75.0 cm³/mol. The SMILES string of the molecule is COc1ccc(CNC(=O)[C@H]2CCN[C@@H](C)C2)cc1F. The number of nitrogens with one attached hydrogen (secondary N) is 2. The Bertz CT molecular complexity index is 479. The van der Waals surface area contributed by atoms with Crippen LogP contribution in [0.4, 0.5) is 4.39 Å². The van der Waals surface area contributed by atoms with E-state index in [-0.39, 0.29) is 17.6 Å². The Kier molecular flexibility index (Phi) is 4.95. The van der Waals surface area contributed by atoms with E-state index in [1.54, 1.807) is 12.1 Å². The number of carbonyl (C=O) groups excluding carboxylic acids is 1. The van der Waals surface area contributed by atoms with Gasteiger partial charge in [-0.05, 0) is 44.0 Å². The fraction of sp³-hybridized carbons (Fsp3) is 0.533. The van der Waals surface area contributed by atoms with Crippen molar-refractivity contribution in [2.45, 2.75) is 32.4 Å². The van der Waals surface area contributed by atoms with Gasteiger partial charge in [-0.3, -0.25) is 4.79 Å². The zero-order valence-electron chi connectivity index (χ0n) is 11.9. The number of halogens is 1. The Morgan fingerprint density at radius 2 is 2.35 bits per heavy atom. The van der Waals surface area contributed by atoms with Gasteiger partial charge in [0.15, 0.2) is 11.6 Å². The van der Waals surface area contributed by atoms with Crippen molar-refractivity contribution >= 4 is 5.91 Å². The molecule has 0 radical (unpaired) electrons. The molecule has 1 aromatic rings. The highest BCUT2D eigenvalue weighted by Gasteiger charge is 2.24. The predicted octanol–water partition coefficient (Wildman–Crippen LogP) is 1.84. The molecule has 4 nitrogen and oxygen atoms in total. The molecule has 1 amide bonds. The van der Waals surface area contributed by atoms with Crippen LogP contribution in [0, 0.1) is 11.7 Å². The number of benzene rings is 1. The van der Waals surface area contributed by atoms with Crippen LogP contribution in [0.1, 0.15) is 25.3 Å². The molecule has 0 aromatic heterocycles. The summed E-state index contributed by atoms with van der Waals surface area (Å²) in [6.45, 7) is 3.30. The number of ether oxygens (including phenoxy) is 1. The summed E-state index contributed by atoms with van der Waals surface area (Å²) >= 11 is 0. The van der Waals surface area contributed by atoms with Crippen molar-refractivity contribution in [3.8, 4) is 5.75 Å². The quantitative estimate of drug-likeness (QED) is 0.885. The molecule has 1 saturated heterocycles. The lowest BCUT2D eigenvalue weighted by atomic mass is 9.92. The van der Waals surface area contributed by atoms with Gasteiger partial charge in [0.1, 0.15) is 0 Å². The van der Waals surface area contributed by atoms with Crippen molar-refractivity contribution in [1.29, 1.82) is 0 Å². The fourth-order valence-corrected chi connectivity index (χ4v) is 2.52. The normalized spacial score (nSPS) is 22.4. The minimum Gasteiger partial charge on any atom is -0.494 e. The Morgan fingerprint density at radius 3 is 3.00 bits per heavy atom. The Labute approximate surface area is 118 Å². The van der Waals surface area contributed by atoms with E-state index >= 15 is 0 Å².